The number of hydrogen-bond donors (Lipinski definition) is 1. The minimum atomic E-state index is -0.687. The normalized spacial score (nSPS) is 11.7. The summed E-state index contributed by atoms with van der Waals surface area (Å²) in [5, 5.41) is 8.54. The molecule has 144 valence electrons. The third-order valence-corrected chi connectivity index (χ3v) is 3.85. The van der Waals surface area contributed by atoms with Gasteiger partial charge in [0.1, 0.15) is 0 Å². The molecule has 0 bridgehead atoms. The number of carboxylic acid groups (broad SMARTS) is 1. The highest BCUT2D eigenvalue weighted by molar-refractivity contribution is 5.66. The SMILES string of the molecule is CC=C=C/C=C/CCCCC/C=C/C=C/C=C/CCCCCCC(=O)O. The lowest BCUT2D eigenvalue weighted by atomic mass is 10.1. The second kappa shape index (κ2) is 21.0. The Morgan fingerprint density at radius 1 is 0.731 bits per heavy atom. The third-order valence-electron chi connectivity index (χ3n) is 3.85. The number of carbonyl (C=O) groups is 1. The van der Waals surface area contributed by atoms with Crippen LogP contribution in [0.2, 0.25) is 0 Å². The van der Waals surface area contributed by atoms with E-state index in [0.29, 0.717) is 6.42 Å². The van der Waals surface area contributed by atoms with Gasteiger partial charge in [-0.25, -0.2) is 0 Å². The van der Waals surface area contributed by atoms with Crippen LogP contribution in [-0.2, 0) is 4.79 Å². The summed E-state index contributed by atoms with van der Waals surface area (Å²) in [5.41, 5.74) is 3.03. The maximum Gasteiger partial charge on any atom is 0.303 e. The monoisotopic (exact) mass is 356 g/mol. The second-order valence-corrected chi connectivity index (χ2v) is 6.28. The molecule has 1 N–H and O–H groups in total. The largest absolute Gasteiger partial charge is 0.481 e. The minimum Gasteiger partial charge on any atom is -0.481 e. The number of rotatable bonds is 16. The number of hydrogen-bond acceptors (Lipinski definition) is 1. The second-order valence-electron chi connectivity index (χ2n) is 6.28. The average molecular weight is 357 g/mol. The van der Waals surface area contributed by atoms with Crippen LogP contribution < -0.4 is 0 Å². The van der Waals surface area contributed by atoms with Crippen molar-refractivity contribution in [2.24, 2.45) is 0 Å². The van der Waals surface area contributed by atoms with Crippen LogP contribution in [0.1, 0.15) is 77.6 Å². The minimum absolute atomic E-state index is 0.302. The first-order valence-corrected chi connectivity index (χ1v) is 9.99. The highest BCUT2D eigenvalue weighted by Crippen LogP contribution is 2.06. The third kappa shape index (κ3) is 21.9. The summed E-state index contributed by atoms with van der Waals surface area (Å²) in [6.07, 6.45) is 32.4. The molecule has 0 unspecified atom stereocenters. The zero-order chi connectivity index (χ0) is 19.1. The van der Waals surface area contributed by atoms with Gasteiger partial charge in [-0.1, -0.05) is 67.9 Å². The molecule has 0 aliphatic rings. The Hall–Kier alpha value is -2.05. The quantitative estimate of drug-likeness (QED) is 0.179. The van der Waals surface area contributed by atoms with Crippen molar-refractivity contribution in [2.75, 3.05) is 0 Å². The maximum atomic E-state index is 10.4. The van der Waals surface area contributed by atoms with Gasteiger partial charge < -0.3 is 5.11 Å². The zero-order valence-corrected chi connectivity index (χ0v) is 16.4. The average Bonchev–Trinajstić information content (AvgIpc) is 2.62. The summed E-state index contributed by atoms with van der Waals surface area (Å²) in [6.45, 7) is 1.97. The molecule has 0 atom stereocenters. The summed E-state index contributed by atoms with van der Waals surface area (Å²) >= 11 is 0. The predicted molar refractivity (Wildman–Crippen MR) is 113 cm³/mol. The molecule has 0 aromatic heterocycles. The Morgan fingerprint density at radius 3 is 1.77 bits per heavy atom. The Balaban J connectivity index is 3.41. The van der Waals surface area contributed by atoms with Crippen molar-refractivity contribution in [2.45, 2.75) is 77.6 Å². The molecule has 0 aromatic rings. The highest BCUT2D eigenvalue weighted by Gasteiger charge is 1.95. The van der Waals surface area contributed by atoms with Crippen LogP contribution in [0.3, 0.4) is 0 Å². The van der Waals surface area contributed by atoms with Gasteiger partial charge in [-0.2, -0.15) is 0 Å². The van der Waals surface area contributed by atoms with Crippen LogP contribution in [-0.4, -0.2) is 11.1 Å². The van der Waals surface area contributed by atoms with Gasteiger partial charge in [-0.3, -0.25) is 4.79 Å². The first-order chi connectivity index (χ1) is 12.8. The lowest BCUT2D eigenvalue weighted by molar-refractivity contribution is -0.137. The van der Waals surface area contributed by atoms with Crippen molar-refractivity contribution in [1.29, 1.82) is 0 Å². The smallest absolute Gasteiger partial charge is 0.303 e. The van der Waals surface area contributed by atoms with Crippen LogP contribution in [0.4, 0.5) is 0 Å². The van der Waals surface area contributed by atoms with Gasteiger partial charge in [0.25, 0.3) is 0 Å². The first-order valence-electron chi connectivity index (χ1n) is 9.99. The molecule has 0 saturated heterocycles. The van der Waals surface area contributed by atoms with Gasteiger partial charge >= 0.3 is 5.97 Å². The van der Waals surface area contributed by atoms with Crippen molar-refractivity contribution < 1.29 is 9.90 Å². The topological polar surface area (TPSA) is 37.3 Å². The van der Waals surface area contributed by atoms with Crippen molar-refractivity contribution in [3.63, 3.8) is 0 Å². The molecule has 0 aliphatic carbocycles. The van der Waals surface area contributed by atoms with Crippen molar-refractivity contribution in [3.8, 4) is 0 Å². The molecule has 0 spiro atoms. The van der Waals surface area contributed by atoms with E-state index in [0.717, 1.165) is 44.9 Å². The van der Waals surface area contributed by atoms with Gasteiger partial charge in [-0.15, -0.1) is 5.73 Å². The molecule has 0 fully saturated rings. The number of unbranched alkanes of at least 4 members (excludes halogenated alkanes) is 8. The standard InChI is InChI=1S/C24H36O2/c1-2-3-4-5-6-7-8-9-10-11-12-13-14-15-16-17-18-19-20-21-22-23-24(25)26/h2,4-6,12-17H,7-11,18-23H2,1H3,(H,25,26)/b6-5+,13-12+,15-14+,17-16+. The molecule has 2 heteroatoms. The van der Waals surface area contributed by atoms with E-state index in [1.807, 2.05) is 19.1 Å². The maximum absolute atomic E-state index is 10.4. The van der Waals surface area contributed by atoms with E-state index in [-0.39, 0.29) is 0 Å². The van der Waals surface area contributed by atoms with Crippen LogP contribution in [0.15, 0.2) is 66.5 Å². The Labute approximate surface area is 160 Å². The molecule has 0 heterocycles. The molecule has 0 radical (unpaired) electrons. The van der Waals surface area contributed by atoms with E-state index in [9.17, 15) is 4.79 Å². The molecule has 0 saturated carbocycles. The van der Waals surface area contributed by atoms with Gasteiger partial charge in [0.2, 0.25) is 0 Å². The van der Waals surface area contributed by atoms with Gasteiger partial charge in [0.15, 0.2) is 0 Å². The van der Waals surface area contributed by atoms with Crippen LogP contribution in [0.25, 0.3) is 0 Å². The molecule has 0 rings (SSSR count). The lowest BCUT2D eigenvalue weighted by Gasteiger charge is -1.96. The summed E-state index contributed by atoms with van der Waals surface area (Å²) < 4.78 is 0. The molecule has 2 nitrogen and oxygen atoms in total. The fraction of sp³-hybridized carbons (Fsp3) is 0.500. The number of carboxylic acids is 1. The van der Waals surface area contributed by atoms with E-state index in [4.69, 9.17) is 5.11 Å². The van der Waals surface area contributed by atoms with E-state index >= 15 is 0 Å². The van der Waals surface area contributed by atoms with Gasteiger partial charge in [0, 0.05) is 6.42 Å². The predicted octanol–water partition coefficient (Wildman–Crippen LogP) is 7.32. The molecule has 26 heavy (non-hydrogen) atoms. The molecule has 0 amide bonds. The molecule has 0 aliphatic heterocycles. The van der Waals surface area contributed by atoms with Crippen LogP contribution >= 0.6 is 0 Å². The number of allylic oxidation sites excluding steroid dienone is 9. The summed E-state index contributed by atoms with van der Waals surface area (Å²) in [7, 11) is 0. The zero-order valence-electron chi connectivity index (χ0n) is 16.4. The van der Waals surface area contributed by atoms with Crippen LogP contribution in [0, 0.1) is 0 Å². The first kappa shape index (κ1) is 23.9. The van der Waals surface area contributed by atoms with E-state index in [2.05, 4.69) is 54.3 Å². The molecule has 0 aromatic carbocycles. The van der Waals surface area contributed by atoms with Crippen molar-refractivity contribution in [1.82, 2.24) is 0 Å². The molecular weight excluding hydrogens is 320 g/mol. The number of aliphatic carboxylic acids is 1. The Bertz CT molecular complexity index is 500. The summed E-state index contributed by atoms with van der Waals surface area (Å²) in [5.74, 6) is -0.687. The van der Waals surface area contributed by atoms with E-state index < -0.39 is 5.97 Å². The van der Waals surface area contributed by atoms with Gasteiger partial charge in [-0.05, 0) is 64.0 Å². The molecular formula is C24H36O2. The summed E-state index contributed by atoms with van der Waals surface area (Å²) in [6, 6.07) is 0. The van der Waals surface area contributed by atoms with E-state index in [1.54, 1.807) is 0 Å². The van der Waals surface area contributed by atoms with Crippen LogP contribution in [0.5, 0.6) is 0 Å². The fourth-order valence-electron chi connectivity index (χ4n) is 2.39. The fourth-order valence-corrected chi connectivity index (χ4v) is 2.39. The van der Waals surface area contributed by atoms with Crippen molar-refractivity contribution >= 4 is 5.97 Å². The van der Waals surface area contributed by atoms with Crippen molar-refractivity contribution in [3.05, 3.63) is 66.5 Å². The van der Waals surface area contributed by atoms with Gasteiger partial charge in [0.05, 0.1) is 0 Å². The summed E-state index contributed by atoms with van der Waals surface area (Å²) in [4.78, 5) is 10.4. The van der Waals surface area contributed by atoms with E-state index in [1.165, 1.54) is 19.3 Å². The lowest BCUT2D eigenvalue weighted by Crippen LogP contribution is -1.93. The Morgan fingerprint density at radius 2 is 1.23 bits per heavy atom. The Kier molecular flexibility index (Phi) is 19.3. The highest BCUT2D eigenvalue weighted by atomic mass is 16.4.